The molecule has 0 amide bonds. The molecule has 0 aliphatic rings. The molecule has 7 heteroatoms. The Morgan fingerprint density at radius 2 is 1.90 bits per heavy atom. The topological polar surface area (TPSA) is 32.3 Å². The Labute approximate surface area is 132 Å². The number of rotatable bonds is 5. The lowest BCUT2D eigenvalue weighted by Gasteiger charge is -2.13. The van der Waals surface area contributed by atoms with E-state index >= 15 is 0 Å². The van der Waals surface area contributed by atoms with E-state index in [1.165, 1.54) is 12.1 Å². The first kappa shape index (κ1) is 16.5. The summed E-state index contributed by atoms with van der Waals surface area (Å²) in [5.74, 6) is 0. The molecule has 0 radical (unpaired) electrons. The Bertz CT molecular complexity index is 583. The largest absolute Gasteiger partial charge is 0.416 e. The summed E-state index contributed by atoms with van der Waals surface area (Å²) in [6, 6.07) is 6.54. The minimum absolute atomic E-state index is 0.279. The number of nitrogens with one attached hydrogen (secondary N) is 1. The number of thiophene rings is 1. The predicted molar refractivity (Wildman–Crippen MR) is 80.1 cm³/mol. The first-order valence-corrected chi connectivity index (χ1v) is 7.82. The highest BCUT2D eigenvalue weighted by molar-refractivity contribution is 9.10. The van der Waals surface area contributed by atoms with Gasteiger partial charge in [0.1, 0.15) is 0 Å². The molecular formula is C14H13BrF3NOS. The average molecular weight is 380 g/mol. The van der Waals surface area contributed by atoms with Gasteiger partial charge in [0, 0.05) is 27.8 Å². The van der Waals surface area contributed by atoms with E-state index < -0.39 is 17.8 Å². The standard InChI is InChI=1S/C14H13BrF3NOS/c15-11-5-12(21-8-11)6-19-7-13(20)9-1-3-10(4-2-9)14(16,17)18/h1-5,8,13,19-20H,6-7H2. The van der Waals surface area contributed by atoms with Gasteiger partial charge in [-0.25, -0.2) is 0 Å². The second-order valence-corrected chi connectivity index (χ2v) is 6.41. The van der Waals surface area contributed by atoms with E-state index in [1.807, 2.05) is 11.4 Å². The number of hydrogen-bond donors (Lipinski definition) is 2. The van der Waals surface area contributed by atoms with Crippen LogP contribution in [-0.4, -0.2) is 11.7 Å². The molecule has 1 heterocycles. The Balaban J connectivity index is 1.87. The van der Waals surface area contributed by atoms with E-state index in [4.69, 9.17) is 0 Å². The minimum Gasteiger partial charge on any atom is -0.387 e. The molecule has 114 valence electrons. The van der Waals surface area contributed by atoms with Crippen LogP contribution in [0.5, 0.6) is 0 Å². The van der Waals surface area contributed by atoms with Crippen LogP contribution in [0.3, 0.4) is 0 Å². The fourth-order valence-electron chi connectivity index (χ4n) is 1.79. The van der Waals surface area contributed by atoms with Gasteiger partial charge in [0.25, 0.3) is 0 Å². The third-order valence-electron chi connectivity index (χ3n) is 2.88. The van der Waals surface area contributed by atoms with Gasteiger partial charge in [-0.1, -0.05) is 12.1 Å². The van der Waals surface area contributed by atoms with Crippen LogP contribution in [-0.2, 0) is 12.7 Å². The van der Waals surface area contributed by atoms with Crippen molar-refractivity contribution in [1.82, 2.24) is 5.32 Å². The highest BCUT2D eigenvalue weighted by atomic mass is 79.9. The van der Waals surface area contributed by atoms with Gasteiger partial charge >= 0.3 is 6.18 Å². The monoisotopic (exact) mass is 379 g/mol. The van der Waals surface area contributed by atoms with Crippen LogP contribution in [0.15, 0.2) is 40.2 Å². The van der Waals surface area contributed by atoms with Gasteiger partial charge in [-0.3, -0.25) is 0 Å². The third kappa shape index (κ3) is 4.81. The zero-order chi connectivity index (χ0) is 15.5. The molecular weight excluding hydrogens is 367 g/mol. The zero-order valence-electron chi connectivity index (χ0n) is 10.8. The average Bonchev–Trinajstić information content (AvgIpc) is 2.83. The lowest BCUT2D eigenvalue weighted by Crippen LogP contribution is -2.20. The van der Waals surface area contributed by atoms with E-state index in [9.17, 15) is 18.3 Å². The van der Waals surface area contributed by atoms with Crippen LogP contribution >= 0.6 is 27.3 Å². The van der Waals surface area contributed by atoms with Crippen LogP contribution in [0.1, 0.15) is 22.1 Å². The highest BCUT2D eigenvalue weighted by Gasteiger charge is 2.30. The van der Waals surface area contributed by atoms with Crippen LogP contribution in [0, 0.1) is 0 Å². The lowest BCUT2D eigenvalue weighted by molar-refractivity contribution is -0.137. The second-order valence-electron chi connectivity index (χ2n) is 4.50. The van der Waals surface area contributed by atoms with Crippen LogP contribution in [0.25, 0.3) is 0 Å². The third-order valence-corrected chi connectivity index (χ3v) is 4.58. The molecule has 2 N–H and O–H groups in total. The molecule has 2 aromatic rings. The molecule has 1 unspecified atom stereocenters. The van der Waals surface area contributed by atoms with Crippen molar-refractivity contribution in [3.05, 3.63) is 56.2 Å². The summed E-state index contributed by atoms with van der Waals surface area (Å²) in [6.45, 7) is 0.884. The molecule has 1 aromatic heterocycles. The van der Waals surface area contributed by atoms with Gasteiger partial charge in [-0.05, 0) is 39.7 Å². The molecule has 2 rings (SSSR count). The van der Waals surface area contributed by atoms with Gasteiger partial charge < -0.3 is 10.4 Å². The second kappa shape index (κ2) is 6.91. The normalized spacial score (nSPS) is 13.4. The quantitative estimate of drug-likeness (QED) is 0.808. The SMILES string of the molecule is OC(CNCc1cc(Br)cs1)c1ccc(C(F)(F)F)cc1. The Kier molecular flexibility index (Phi) is 5.43. The number of hydrogen-bond acceptors (Lipinski definition) is 3. The summed E-state index contributed by atoms with van der Waals surface area (Å²) in [5.41, 5.74) is -0.252. The molecule has 2 nitrogen and oxygen atoms in total. The summed E-state index contributed by atoms with van der Waals surface area (Å²) in [4.78, 5) is 1.11. The number of alkyl halides is 3. The molecule has 0 fully saturated rings. The van der Waals surface area contributed by atoms with E-state index in [-0.39, 0.29) is 6.54 Å². The molecule has 21 heavy (non-hydrogen) atoms. The Hall–Kier alpha value is -0.890. The first-order chi connectivity index (χ1) is 9.86. The van der Waals surface area contributed by atoms with E-state index in [2.05, 4.69) is 21.2 Å². The van der Waals surface area contributed by atoms with E-state index in [0.29, 0.717) is 12.1 Å². The van der Waals surface area contributed by atoms with Gasteiger partial charge in [0.05, 0.1) is 11.7 Å². The van der Waals surface area contributed by atoms with Crippen LogP contribution in [0.4, 0.5) is 13.2 Å². The van der Waals surface area contributed by atoms with Crippen LogP contribution < -0.4 is 5.32 Å². The van der Waals surface area contributed by atoms with Crippen molar-refractivity contribution in [2.75, 3.05) is 6.54 Å². The summed E-state index contributed by atoms with van der Waals surface area (Å²) in [5, 5.41) is 15.0. The molecule has 1 atom stereocenters. The molecule has 0 aliphatic carbocycles. The number of aliphatic hydroxyl groups is 1. The molecule has 0 saturated carbocycles. The summed E-state index contributed by atoms with van der Waals surface area (Å²) < 4.78 is 38.3. The number of aliphatic hydroxyl groups excluding tert-OH is 1. The van der Waals surface area contributed by atoms with Crippen molar-refractivity contribution in [1.29, 1.82) is 0 Å². The van der Waals surface area contributed by atoms with Crippen molar-refractivity contribution >= 4 is 27.3 Å². The molecule has 0 aliphatic heterocycles. The van der Waals surface area contributed by atoms with Crippen LogP contribution in [0.2, 0.25) is 0 Å². The maximum atomic E-state index is 12.4. The molecule has 0 spiro atoms. The molecule has 0 bridgehead atoms. The van der Waals surface area contributed by atoms with Gasteiger partial charge in [0.2, 0.25) is 0 Å². The predicted octanol–water partition coefficient (Wildman–Crippen LogP) is 4.35. The fraction of sp³-hybridized carbons (Fsp3) is 0.286. The molecule has 1 aromatic carbocycles. The van der Waals surface area contributed by atoms with E-state index in [0.717, 1.165) is 21.5 Å². The van der Waals surface area contributed by atoms with E-state index in [1.54, 1.807) is 11.3 Å². The minimum atomic E-state index is -4.35. The van der Waals surface area contributed by atoms with Crippen molar-refractivity contribution < 1.29 is 18.3 Å². The maximum absolute atomic E-state index is 12.4. The first-order valence-electron chi connectivity index (χ1n) is 6.15. The maximum Gasteiger partial charge on any atom is 0.416 e. The summed E-state index contributed by atoms with van der Waals surface area (Å²) in [6.07, 6.45) is -5.19. The number of benzene rings is 1. The Morgan fingerprint density at radius 3 is 2.43 bits per heavy atom. The van der Waals surface area contributed by atoms with Crippen molar-refractivity contribution in [3.63, 3.8) is 0 Å². The summed E-state index contributed by atoms with van der Waals surface area (Å²) in [7, 11) is 0. The van der Waals surface area contributed by atoms with Crippen molar-refractivity contribution in [2.45, 2.75) is 18.8 Å². The Morgan fingerprint density at radius 1 is 1.24 bits per heavy atom. The smallest absolute Gasteiger partial charge is 0.387 e. The number of halogens is 4. The van der Waals surface area contributed by atoms with Crippen molar-refractivity contribution in [3.8, 4) is 0 Å². The van der Waals surface area contributed by atoms with Crippen molar-refractivity contribution in [2.24, 2.45) is 0 Å². The van der Waals surface area contributed by atoms with Gasteiger partial charge in [-0.2, -0.15) is 13.2 Å². The molecule has 0 saturated heterocycles. The zero-order valence-corrected chi connectivity index (χ0v) is 13.2. The summed E-state index contributed by atoms with van der Waals surface area (Å²) >= 11 is 4.94. The van der Waals surface area contributed by atoms with Gasteiger partial charge in [0.15, 0.2) is 0 Å². The fourth-order valence-corrected chi connectivity index (χ4v) is 3.21. The highest BCUT2D eigenvalue weighted by Crippen LogP contribution is 2.29. The lowest BCUT2D eigenvalue weighted by atomic mass is 10.1. The van der Waals surface area contributed by atoms with Gasteiger partial charge in [-0.15, -0.1) is 11.3 Å².